The number of carbonyl (C=O) groups is 1. The van der Waals surface area contributed by atoms with E-state index in [1.54, 1.807) is 11.5 Å². The molecule has 0 radical (unpaired) electrons. The van der Waals surface area contributed by atoms with Crippen molar-refractivity contribution in [1.29, 1.82) is 0 Å². The number of aryl methyl sites for hydroxylation is 1. The van der Waals surface area contributed by atoms with Crippen LogP contribution in [0.4, 0.5) is 0 Å². The molecular weight excluding hydrogens is 412 g/mol. The number of aromatic amines is 1. The number of nitrogens with zero attached hydrogens (tertiary/aromatic N) is 3. The van der Waals surface area contributed by atoms with Gasteiger partial charge in [-0.15, -0.1) is 0 Å². The molecule has 2 N–H and O–H groups in total. The van der Waals surface area contributed by atoms with Crippen molar-refractivity contribution >= 4 is 17.1 Å². The maximum Gasteiger partial charge on any atom is 0.332 e. The van der Waals surface area contributed by atoms with Crippen molar-refractivity contribution in [3.8, 4) is 0 Å². The fraction of sp³-hybridized carbons (Fsp3) is 0.739. The van der Waals surface area contributed by atoms with Gasteiger partial charge in [0.1, 0.15) is 11.3 Å². The van der Waals surface area contributed by atoms with E-state index in [9.17, 15) is 14.4 Å². The van der Waals surface area contributed by atoms with Gasteiger partial charge in [0.25, 0.3) is 5.56 Å². The van der Waals surface area contributed by atoms with Crippen LogP contribution in [0.5, 0.6) is 0 Å². The predicted molar refractivity (Wildman–Crippen MR) is 120 cm³/mol. The lowest BCUT2D eigenvalue weighted by Crippen LogP contribution is -2.50. The summed E-state index contributed by atoms with van der Waals surface area (Å²) in [4.78, 5) is 45.3. The second kappa shape index (κ2) is 8.50. The van der Waals surface area contributed by atoms with Crippen LogP contribution in [-0.4, -0.2) is 42.4 Å². The van der Waals surface area contributed by atoms with Crippen LogP contribution in [0, 0.1) is 5.92 Å². The highest BCUT2D eigenvalue weighted by Gasteiger charge is 2.51. The van der Waals surface area contributed by atoms with Gasteiger partial charge < -0.3 is 14.8 Å². The number of rotatable bonds is 9. The lowest BCUT2D eigenvalue weighted by atomic mass is 9.58. The van der Waals surface area contributed by atoms with Crippen LogP contribution < -0.4 is 11.2 Å². The zero-order valence-electron chi connectivity index (χ0n) is 19.3. The third-order valence-electron chi connectivity index (χ3n) is 7.50. The van der Waals surface area contributed by atoms with Crippen LogP contribution in [0.2, 0.25) is 0 Å². The quantitative estimate of drug-likeness (QED) is 0.611. The molecule has 0 aliphatic heterocycles. The Kier molecular flexibility index (Phi) is 6.04. The molecule has 0 saturated heterocycles. The van der Waals surface area contributed by atoms with Gasteiger partial charge in [0.15, 0.2) is 5.65 Å². The van der Waals surface area contributed by atoms with Gasteiger partial charge >= 0.3 is 11.7 Å². The number of imidazole rings is 1. The van der Waals surface area contributed by atoms with E-state index < -0.39 is 11.9 Å². The Morgan fingerprint density at radius 3 is 2.25 bits per heavy atom. The summed E-state index contributed by atoms with van der Waals surface area (Å²) in [5.74, 6) is -0.555. The second-order valence-electron chi connectivity index (χ2n) is 9.69. The van der Waals surface area contributed by atoms with Crippen molar-refractivity contribution in [3.05, 3.63) is 26.7 Å². The zero-order valence-corrected chi connectivity index (χ0v) is 19.3. The van der Waals surface area contributed by atoms with E-state index in [0.29, 0.717) is 30.7 Å². The van der Waals surface area contributed by atoms with Gasteiger partial charge in [0.05, 0.1) is 18.1 Å². The Labute approximate surface area is 186 Å². The minimum atomic E-state index is -0.837. The Balaban J connectivity index is 1.65. The molecule has 5 rings (SSSR count). The van der Waals surface area contributed by atoms with Crippen LogP contribution in [0.25, 0.3) is 11.2 Å². The second-order valence-corrected chi connectivity index (χ2v) is 9.69. The number of aliphatic carboxylic acids is 1. The highest BCUT2D eigenvalue weighted by atomic mass is 16.5. The molecule has 0 amide bonds. The summed E-state index contributed by atoms with van der Waals surface area (Å²) in [7, 11) is 0. The maximum absolute atomic E-state index is 13.1. The van der Waals surface area contributed by atoms with E-state index in [2.05, 4.69) is 4.98 Å². The monoisotopic (exact) mass is 446 g/mol. The zero-order chi connectivity index (χ0) is 23.1. The molecule has 2 bridgehead atoms. The number of hydrogen-bond donors (Lipinski definition) is 2. The average molecular weight is 447 g/mol. The standard InChI is InChI=1S/C23H34N4O5/c1-4-12-26-17-16(18(28)27(13-5-2)21(26)31)24-20(25-17)22-6-9-23(10-7-22,11-8-22)32-14-15(3)19(29)30/h15H,4-14H2,1-3H3,(H,24,25)(H,29,30)/t15-,22?,23?/m0/s1. The van der Waals surface area contributed by atoms with Gasteiger partial charge in [-0.25, -0.2) is 9.78 Å². The van der Waals surface area contributed by atoms with Crippen LogP contribution in [0.1, 0.15) is 78.0 Å². The Hall–Kier alpha value is -2.42. The summed E-state index contributed by atoms with van der Waals surface area (Å²) in [5.41, 5.74) is -0.0968. The Morgan fingerprint density at radius 2 is 1.69 bits per heavy atom. The van der Waals surface area contributed by atoms with Crippen LogP contribution in [-0.2, 0) is 28.0 Å². The normalized spacial score (nSPS) is 26.0. The molecule has 2 aromatic heterocycles. The smallest absolute Gasteiger partial charge is 0.332 e. The van der Waals surface area contributed by atoms with Gasteiger partial charge in [0, 0.05) is 18.5 Å². The van der Waals surface area contributed by atoms with Gasteiger partial charge in [-0.3, -0.25) is 18.7 Å². The van der Waals surface area contributed by atoms with E-state index in [1.165, 1.54) is 4.57 Å². The molecule has 3 fully saturated rings. The molecule has 0 spiro atoms. The highest BCUT2D eigenvalue weighted by molar-refractivity contribution is 5.70. The highest BCUT2D eigenvalue weighted by Crippen LogP contribution is 2.54. The first-order chi connectivity index (χ1) is 15.3. The number of carboxylic acids is 1. The summed E-state index contributed by atoms with van der Waals surface area (Å²) in [5, 5.41) is 9.15. The third kappa shape index (κ3) is 3.70. The van der Waals surface area contributed by atoms with Crippen molar-refractivity contribution in [2.75, 3.05) is 6.61 Å². The lowest BCUT2D eigenvalue weighted by molar-refractivity contribution is -0.154. The fourth-order valence-electron chi connectivity index (χ4n) is 5.36. The molecule has 3 aliphatic carbocycles. The summed E-state index contributed by atoms with van der Waals surface area (Å²) in [6.07, 6.45) is 6.64. The van der Waals surface area contributed by atoms with Crippen LogP contribution in [0.3, 0.4) is 0 Å². The molecule has 0 unspecified atom stereocenters. The third-order valence-corrected chi connectivity index (χ3v) is 7.50. The first-order valence-electron chi connectivity index (χ1n) is 11.9. The van der Waals surface area contributed by atoms with Crippen molar-refractivity contribution in [2.24, 2.45) is 5.92 Å². The molecule has 32 heavy (non-hydrogen) atoms. The summed E-state index contributed by atoms with van der Waals surface area (Å²) in [6.45, 7) is 6.78. The molecule has 3 saturated carbocycles. The topological polar surface area (TPSA) is 119 Å². The molecular formula is C23H34N4O5. The SMILES string of the molecule is CCCn1c(=O)c2[nH]c(C34CCC(OC[C@H](C)C(=O)O)(CC3)CC4)nc2n(CCC)c1=O. The lowest BCUT2D eigenvalue weighted by Gasteiger charge is -2.52. The van der Waals surface area contributed by atoms with Gasteiger partial charge in [-0.1, -0.05) is 13.8 Å². The van der Waals surface area contributed by atoms with Crippen molar-refractivity contribution in [1.82, 2.24) is 19.1 Å². The summed E-state index contributed by atoms with van der Waals surface area (Å²) >= 11 is 0. The van der Waals surface area contributed by atoms with E-state index in [1.807, 2.05) is 13.8 Å². The van der Waals surface area contributed by atoms with Gasteiger partial charge in [-0.2, -0.15) is 0 Å². The minimum absolute atomic E-state index is 0.155. The molecule has 0 aromatic carbocycles. The van der Waals surface area contributed by atoms with E-state index in [4.69, 9.17) is 14.8 Å². The molecule has 1 atom stereocenters. The van der Waals surface area contributed by atoms with Gasteiger partial charge in [-0.05, 0) is 58.3 Å². The number of hydrogen-bond acceptors (Lipinski definition) is 5. The average Bonchev–Trinajstić information content (AvgIpc) is 3.25. The fourth-order valence-corrected chi connectivity index (χ4v) is 5.36. The largest absolute Gasteiger partial charge is 0.481 e. The number of H-pyrrole nitrogens is 1. The molecule has 3 aliphatic rings. The van der Waals surface area contributed by atoms with Gasteiger partial charge in [0.2, 0.25) is 0 Å². The van der Waals surface area contributed by atoms with Crippen molar-refractivity contribution in [3.63, 3.8) is 0 Å². The number of ether oxygens (including phenoxy) is 1. The number of aromatic nitrogens is 4. The van der Waals surface area contributed by atoms with Crippen molar-refractivity contribution in [2.45, 2.75) is 96.2 Å². The number of nitrogens with one attached hydrogen (secondary N) is 1. The van der Waals surface area contributed by atoms with E-state index >= 15 is 0 Å². The van der Waals surface area contributed by atoms with Crippen LogP contribution in [0.15, 0.2) is 9.59 Å². The van der Waals surface area contributed by atoms with E-state index in [-0.39, 0.29) is 28.9 Å². The van der Waals surface area contributed by atoms with Crippen molar-refractivity contribution < 1.29 is 14.6 Å². The van der Waals surface area contributed by atoms with Crippen LogP contribution >= 0.6 is 0 Å². The molecule has 9 nitrogen and oxygen atoms in total. The molecule has 176 valence electrons. The number of fused-ring (bicyclic) bond motifs is 4. The summed E-state index contributed by atoms with van der Waals surface area (Å²) in [6, 6.07) is 0. The molecule has 2 heterocycles. The Morgan fingerprint density at radius 1 is 1.09 bits per heavy atom. The summed E-state index contributed by atoms with van der Waals surface area (Å²) < 4.78 is 9.09. The Bertz CT molecular complexity index is 1100. The molecule has 2 aromatic rings. The van der Waals surface area contributed by atoms with E-state index in [0.717, 1.165) is 50.8 Å². The molecule has 9 heteroatoms. The number of carboxylic acid groups (broad SMARTS) is 1. The first-order valence-corrected chi connectivity index (χ1v) is 11.9. The maximum atomic E-state index is 13.1. The first kappa shape index (κ1) is 22.8. The minimum Gasteiger partial charge on any atom is -0.481 e. The predicted octanol–water partition coefficient (Wildman–Crippen LogP) is 2.79.